The average molecular weight is 442 g/mol. The van der Waals surface area contributed by atoms with Gasteiger partial charge in [0, 0.05) is 11.8 Å². The van der Waals surface area contributed by atoms with Crippen molar-refractivity contribution in [2.24, 2.45) is 0 Å². The van der Waals surface area contributed by atoms with Gasteiger partial charge in [0.25, 0.3) is 0 Å². The quantitative estimate of drug-likeness (QED) is 0.420. The van der Waals surface area contributed by atoms with E-state index in [-0.39, 0.29) is 18.9 Å². The van der Waals surface area contributed by atoms with Gasteiger partial charge in [0.15, 0.2) is 11.6 Å². The van der Waals surface area contributed by atoms with Crippen LogP contribution in [0.2, 0.25) is 0 Å². The lowest BCUT2D eigenvalue weighted by Gasteiger charge is -2.11. The zero-order chi connectivity index (χ0) is 22.6. The SMILES string of the molecule is O=C(NCCOc1ccc(F)cc1F)Nc1cccc(COCCOc2ccccc2)c1. The zero-order valence-electron chi connectivity index (χ0n) is 17.4. The van der Waals surface area contributed by atoms with Crippen LogP contribution in [-0.2, 0) is 11.3 Å². The van der Waals surface area contributed by atoms with Crippen LogP contribution in [0.3, 0.4) is 0 Å². The van der Waals surface area contributed by atoms with Gasteiger partial charge in [-0.15, -0.1) is 0 Å². The van der Waals surface area contributed by atoms with Gasteiger partial charge in [0.2, 0.25) is 0 Å². The van der Waals surface area contributed by atoms with E-state index in [2.05, 4.69) is 10.6 Å². The summed E-state index contributed by atoms with van der Waals surface area (Å²) in [4.78, 5) is 12.0. The highest BCUT2D eigenvalue weighted by Crippen LogP contribution is 2.17. The number of urea groups is 1. The molecule has 0 heterocycles. The molecule has 0 saturated heterocycles. The van der Waals surface area contributed by atoms with E-state index in [1.54, 1.807) is 6.07 Å². The average Bonchev–Trinajstić information content (AvgIpc) is 2.79. The Hall–Kier alpha value is -3.65. The fourth-order valence-corrected chi connectivity index (χ4v) is 2.76. The molecule has 2 amide bonds. The Balaban J connectivity index is 1.33. The van der Waals surface area contributed by atoms with Crippen LogP contribution >= 0.6 is 0 Å². The van der Waals surface area contributed by atoms with Crippen LogP contribution in [0.5, 0.6) is 11.5 Å². The van der Waals surface area contributed by atoms with Crippen molar-refractivity contribution in [2.45, 2.75) is 6.61 Å². The standard InChI is InChI=1S/C24H24F2N2O4/c25-19-9-10-23(22(26)16-19)32-12-11-27-24(29)28-20-6-4-5-18(15-20)17-30-13-14-31-21-7-2-1-3-8-21/h1-10,15-16H,11-14,17H2,(H2,27,28,29). The molecule has 6 nitrogen and oxygen atoms in total. The lowest BCUT2D eigenvalue weighted by Crippen LogP contribution is -2.32. The molecule has 168 valence electrons. The number of ether oxygens (including phenoxy) is 3. The second-order valence-corrected chi connectivity index (χ2v) is 6.72. The fourth-order valence-electron chi connectivity index (χ4n) is 2.76. The van der Waals surface area contributed by atoms with Gasteiger partial charge in [0.1, 0.15) is 24.8 Å². The Labute approximate surface area is 185 Å². The van der Waals surface area contributed by atoms with Gasteiger partial charge < -0.3 is 24.8 Å². The topological polar surface area (TPSA) is 68.8 Å². The maximum absolute atomic E-state index is 13.5. The number of halogens is 2. The molecular weight excluding hydrogens is 418 g/mol. The molecule has 3 rings (SSSR count). The number of carbonyl (C=O) groups excluding carboxylic acids is 1. The highest BCUT2D eigenvalue weighted by molar-refractivity contribution is 5.89. The number of rotatable bonds is 11. The number of benzene rings is 3. The van der Waals surface area contributed by atoms with Crippen LogP contribution in [0.15, 0.2) is 72.8 Å². The summed E-state index contributed by atoms with van der Waals surface area (Å²) in [5, 5.41) is 5.32. The number of anilines is 1. The van der Waals surface area contributed by atoms with Crippen LogP contribution in [0.1, 0.15) is 5.56 Å². The van der Waals surface area contributed by atoms with E-state index in [1.807, 2.05) is 48.5 Å². The van der Waals surface area contributed by atoms with Crippen molar-refractivity contribution in [3.05, 3.63) is 90.0 Å². The van der Waals surface area contributed by atoms with Crippen molar-refractivity contribution in [1.29, 1.82) is 0 Å². The van der Waals surface area contributed by atoms with E-state index in [9.17, 15) is 13.6 Å². The number of hydrogen-bond donors (Lipinski definition) is 2. The molecule has 0 aromatic heterocycles. The number of amides is 2. The van der Waals surface area contributed by atoms with Crippen LogP contribution in [0, 0.1) is 11.6 Å². The van der Waals surface area contributed by atoms with E-state index in [0.717, 1.165) is 23.4 Å². The Morgan fingerprint density at radius 1 is 0.844 bits per heavy atom. The summed E-state index contributed by atoms with van der Waals surface area (Å²) in [5.41, 5.74) is 1.51. The van der Waals surface area contributed by atoms with E-state index >= 15 is 0 Å². The van der Waals surface area contributed by atoms with Gasteiger partial charge in [-0.2, -0.15) is 0 Å². The summed E-state index contributed by atoms with van der Waals surface area (Å²) in [6, 6.07) is 19.4. The normalized spacial score (nSPS) is 10.4. The molecule has 0 spiro atoms. The predicted molar refractivity (Wildman–Crippen MR) is 117 cm³/mol. The first-order chi connectivity index (χ1) is 15.6. The van der Waals surface area contributed by atoms with Gasteiger partial charge in [-0.1, -0.05) is 30.3 Å². The third kappa shape index (κ3) is 7.88. The molecule has 0 fully saturated rings. The molecule has 32 heavy (non-hydrogen) atoms. The number of hydrogen-bond acceptors (Lipinski definition) is 4. The highest BCUT2D eigenvalue weighted by atomic mass is 19.1. The van der Waals surface area contributed by atoms with Gasteiger partial charge in [-0.05, 0) is 42.0 Å². The van der Waals surface area contributed by atoms with Gasteiger partial charge in [0.05, 0.1) is 19.8 Å². The molecule has 0 aliphatic carbocycles. The van der Waals surface area contributed by atoms with Crippen LogP contribution in [0.4, 0.5) is 19.3 Å². The van der Waals surface area contributed by atoms with Gasteiger partial charge in [-0.25, -0.2) is 13.6 Å². The van der Waals surface area contributed by atoms with E-state index < -0.39 is 17.7 Å². The highest BCUT2D eigenvalue weighted by Gasteiger charge is 2.06. The summed E-state index contributed by atoms with van der Waals surface area (Å²) in [6.07, 6.45) is 0. The van der Waals surface area contributed by atoms with Crippen molar-refractivity contribution >= 4 is 11.7 Å². The molecule has 0 atom stereocenters. The minimum absolute atomic E-state index is 0.0366. The summed E-state index contributed by atoms with van der Waals surface area (Å²) in [7, 11) is 0. The first-order valence-corrected chi connectivity index (χ1v) is 10.1. The molecule has 0 radical (unpaired) electrons. The second-order valence-electron chi connectivity index (χ2n) is 6.72. The third-order valence-corrected chi connectivity index (χ3v) is 4.23. The lowest BCUT2D eigenvalue weighted by molar-refractivity contribution is 0.0889. The van der Waals surface area contributed by atoms with Crippen LogP contribution in [0.25, 0.3) is 0 Å². The molecule has 3 aromatic rings. The largest absolute Gasteiger partial charge is 0.491 e. The van der Waals surface area contributed by atoms with Crippen molar-refractivity contribution in [3.63, 3.8) is 0 Å². The lowest BCUT2D eigenvalue weighted by atomic mass is 10.2. The minimum atomic E-state index is -0.792. The van der Waals surface area contributed by atoms with Crippen molar-refractivity contribution < 1.29 is 27.8 Å². The maximum atomic E-state index is 13.5. The molecule has 0 bridgehead atoms. The number of nitrogens with one attached hydrogen (secondary N) is 2. The second kappa shape index (κ2) is 12.3. The summed E-state index contributed by atoms with van der Waals surface area (Å²) < 4.78 is 42.7. The molecule has 3 aromatic carbocycles. The number of para-hydroxylation sites is 1. The molecule has 0 unspecified atom stereocenters. The van der Waals surface area contributed by atoms with E-state index in [4.69, 9.17) is 14.2 Å². The van der Waals surface area contributed by atoms with E-state index in [0.29, 0.717) is 25.5 Å². The van der Waals surface area contributed by atoms with Crippen molar-refractivity contribution in [2.75, 3.05) is 31.7 Å². The van der Waals surface area contributed by atoms with Gasteiger partial charge in [-0.3, -0.25) is 0 Å². The smallest absolute Gasteiger partial charge is 0.319 e. The molecule has 8 heteroatoms. The van der Waals surface area contributed by atoms with Gasteiger partial charge >= 0.3 is 6.03 Å². The molecule has 0 aliphatic rings. The molecule has 0 saturated carbocycles. The Morgan fingerprint density at radius 3 is 2.50 bits per heavy atom. The fraction of sp³-hybridized carbons (Fsp3) is 0.208. The Morgan fingerprint density at radius 2 is 1.69 bits per heavy atom. The van der Waals surface area contributed by atoms with Crippen molar-refractivity contribution in [1.82, 2.24) is 5.32 Å². The monoisotopic (exact) mass is 442 g/mol. The number of carbonyl (C=O) groups is 1. The Bertz CT molecular complexity index is 1000. The summed E-state index contributed by atoms with van der Waals surface area (Å²) in [5.74, 6) is -0.752. The third-order valence-electron chi connectivity index (χ3n) is 4.23. The predicted octanol–water partition coefficient (Wildman–Crippen LogP) is 4.76. The first-order valence-electron chi connectivity index (χ1n) is 10.1. The van der Waals surface area contributed by atoms with E-state index in [1.165, 1.54) is 6.07 Å². The molecular formula is C24H24F2N2O4. The zero-order valence-corrected chi connectivity index (χ0v) is 17.4. The minimum Gasteiger partial charge on any atom is -0.491 e. The Kier molecular flexibility index (Phi) is 8.82. The molecule has 0 aliphatic heterocycles. The summed E-state index contributed by atoms with van der Waals surface area (Å²) in [6.45, 7) is 1.43. The van der Waals surface area contributed by atoms with Crippen LogP contribution < -0.4 is 20.1 Å². The summed E-state index contributed by atoms with van der Waals surface area (Å²) >= 11 is 0. The molecule has 2 N–H and O–H groups in total. The maximum Gasteiger partial charge on any atom is 0.319 e. The first kappa shape index (κ1) is 23.0. The van der Waals surface area contributed by atoms with Crippen molar-refractivity contribution in [3.8, 4) is 11.5 Å². The van der Waals surface area contributed by atoms with Crippen LogP contribution in [-0.4, -0.2) is 32.4 Å².